The van der Waals surface area contributed by atoms with Gasteiger partial charge in [-0.2, -0.15) is 0 Å². The van der Waals surface area contributed by atoms with Gasteiger partial charge in [0.25, 0.3) is 0 Å². The summed E-state index contributed by atoms with van der Waals surface area (Å²) >= 11 is 3.17. The lowest BCUT2D eigenvalue weighted by atomic mass is 10.1. The van der Waals surface area contributed by atoms with E-state index < -0.39 is 34.5 Å². The Balaban J connectivity index is 0.000000214. The lowest BCUT2D eigenvalue weighted by Gasteiger charge is -2.43. The predicted molar refractivity (Wildman–Crippen MR) is 398 cm³/mol. The molecular weight excluding hydrogens is 1330 g/mol. The maximum Gasteiger partial charge on any atom is 0.342 e. The van der Waals surface area contributed by atoms with Crippen molar-refractivity contribution < 1.29 is 75.3 Å². The van der Waals surface area contributed by atoms with Crippen LogP contribution in [0, 0.1) is 6.92 Å². The van der Waals surface area contributed by atoms with Crippen molar-refractivity contribution in [3.63, 3.8) is 0 Å². The molecule has 0 radical (unpaired) electrons. The van der Waals surface area contributed by atoms with Crippen molar-refractivity contribution >= 4 is 78.8 Å². The molecule has 0 aliphatic heterocycles. The summed E-state index contributed by atoms with van der Waals surface area (Å²) in [4.78, 5) is 41.1. The normalized spacial score (nSPS) is 11.2. The number of hydrogen-bond acceptors (Lipinski definition) is 18. The molecule has 0 aromatic heterocycles. The van der Waals surface area contributed by atoms with Crippen molar-refractivity contribution in [2.24, 2.45) is 0 Å². The fourth-order valence-corrected chi connectivity index (χ4v) is 22.6. The van der Waals surface area contributed by atoms with E-state index in [0.29, 0.717) is 96.6 Å². The molecule has 0 saturated heterocycles. The van der Waals surface area contributed by atoms with Gasteiger partial charge in [0.2, 0.25) is 0 Å². The Morgan fingerprint density at radius 3 is 0.929 bits per heavy atom. The summed E-state index contributed by atoms with van der Waals surface area (Å²) in [5, 5.41) is 3.82. The predicted octanol–water partition coefficient (Wildman–Crippen LogP) is 15.2. The van der Waals surface area contributed by atoms with E-state index >= 15 is 0 Å². The number of thioether (sulfide) groups is 2. The van der Waals surface area contributed by atoms with Crippen LogP contribution in [0.5, 0.6) is 51.7 Å². The Kier molecular flexibility index (Phi) is 28.0. The number of hydrogen-bond donors (Lipinski definition) is 0. The van der Waals surface area contributed by atoms with Crippen LogP contribution in [0.2, 0.25) is 10.1 Å². The summed E-state index contributed by atoms with van der Waals surface area (Å²) in [5.74, 6) is 3.49. The number of carbonyl (C=O) groups excluding carboxylic acids is 3. The summed E-state index contributed by atoms with van der Waals surface area (Å²) in [6, 6.07) is 66.1. The van der Waals surface area contributed by atoms with Gasteiger partial charge >= 0.3 is 34.5 Å². The highest BCUT2D eigenvalue weighted by atomic mass is 32.2. The molecule has 0 atom stereocenters. The molecule has 16 nitrogen and oxygen atoms in total. The van der Waals surface area contributed by atoms with E-state index in [2.05, 4.69) is 90.1 Å². The van der Waals surface area contributed by atoms with Crippen LogP contribution in [0.4, 0.5) is 0 Å². The first-order chi connectivity index (χ1) is 47.6. The largest absolute Gasteiger partial charge is 0.533 e. The average molecular weight is 1420 g/mol. The van der Waals surface area contributed by atoms with E-state index in [1.54, 1.807) is 70.2 Å². The van der Waals surface area contributed by atoms with Gasteiger partial charge in [0.1, 0.15) is 33.9 Å². The summed E-state index contributed by atoms with van der Waals surface area (Å²) in [6.07, 6.45) is 0. The zero-order valence-corrected chi connectivity index (χ0v) is 63.2. The summed E-state index contributed by atoms with van der Waals surface area (Å²) < 4.78 is 74.1. The third-order valence-electron chi connectivity index (χ3n) is 16.4. The number of rotatable bonds is 26. The van der Waals surface area contributed by atoms with E-state index in [-0.39, 0.29) is 16.9 Å². The topological polar surface area (TPSA) is 171 Å². The van der Waals surface area contributed by atoms with Crippen LogP contribution in [0.15, 0.2) is 210 Å². The zero-order valence-electron chi connectivity index (χ0n) is 59.5. The zero-order chi connectivity index (χ0) is 71.9. The maximum absolute atomic E-state index is 13.6. The standard InChI is InChI=1S/C33H36O5SSi.C27H32O5Si.C19H22O6S/c1-33(2,3)40(25-18-12-8-13-19-25,26-20-14-9-15-21-26)38-28-22-29(35-4)31(36-5)27(30(28)32(34)37-6)23-39-24-16-10-7-11-17-24;1-19-24(26(28)31-7)22(18-23(29-5)25(19)30-6)32-33(27(2,3)4,20-14-10-8-11-15-20)21-16-12-9-13-17-21;1-21-12-25-15-10-16(22-2)18(23-3)14(17(15)19(20)24-4)11-26-13-8-6-5-7-9-13/h7-22H,23H2,1-6H3;8-18H,1-7H3;5-10H,11-12H2,1-4H3. The first-order valence-corrected chi connectivity index (χ1v) is 37.6. The highest BCUT2D eigenvalue weighted by Gasteiger charge is 2.54. The van der Waals surface area contributed by atoms with Gasteiger partial charge in [-0.25, -0.2) is 14.4 Å². The molecule has 0 N–H and O–H groups in total. The number of carbonyl (C=O) groups is 3. The first-order valence-electron chi connectivity index (χ1n) is 31.8. The molecule has 0 fully saturated rings. The number of methoxy groups -OCH3 is 10. The molecule has 0 aliphatic carbocycles. The van der Waals surface area contributed by atoms with Crippen LogP contribution in [-0.2, 0) is 30.5 Å². The average Bonchev–Trinajstić information content (AvgIpc) is 0.741. The van der Waals surface area contributed by atoms with Gasteiger partial charge in [0, 0.05) is 63.3 Å². The molecule has 0 bridgehead atoms. The smallest absolute Gasteiger partial charge is 0.342 e. The second-order valence-electron chi connectivity index (χ2n) is 24.3. The highest BCUT2D eigenvalue weighted by Crippen LogP contribution is 2.48. The second-order valence-corrected chi connectivity index (χ2v) is 34.8. The van der Waals surface area contributed by atoms with Crippen molar-refractivity contribution in [3.05, 3.63) is 234 Å². The summed E-state index contributed by atoms with van der Waals surface area (Å²) in [5.41, 5.74) is 2.89. The van der Waals surface area contributed by atoms with Crippen LogP contribution in [-0.4, -0.2) is 112 Å². The van der Waals surface area contributed by atoms with Crippen LogP contribution >= 0.6 is 23.5 Å². The van der Waals surface area contributed by atoms with E-state index in [9.17, 15) is 14.4 Å². The quantitative estimate of drug-likeness (QED) is 0.0165. The molecule has 9 aromatic carbocycles. The molecule has 9 rings (SSSR count). The molecule has 0 unspecified atom stereocenters. The Bertz CT molecular complexity index is 4000. The summed E-state index contributed by atoms with van der Waals surface area (Å²) in [7, 11) is 8.91. The Morgan fingerprint density at radius 1 is 0.354 bits per heavy atom. The van der Waals surface area contributed by atoms with E-state index in [1.807, 2.05) is 140 Å². The van der Waals surface area contributed by atoms with Crippen molar-refractivity contribution in [1.82, 2.24) is 0 Å². The van der Waals surface area contributed by atoms with Crippen molar-refractivity contribution in [3.8, 4) is 51.7 Å². The summed E-state index contributed by atoms with van der Waals surface area (Å²) in [6.45, 7) is 15.0. The monoisotopic (exact) mass is 1410 g/mol. The minimum atomic E-state index is -3.06. The maximum atomic E-state index is 13.6. The van der Waals surface area contributed by atoms with Gasteiger partial charge in [-0.15, -0.1) is 23.5 Å². The Morgan fingerprint density at radius 2 is 0.636 bits per heavy atom. The number of esters is 3. The molecule has 0 heterocycles. The lowest BCUT2D eigenvalue weighted by molar-refractivity contribution is 0.0460. The van der Waals surface area contributed by atoms with E-state index in [4.69, 9.17) is 61.0 Å². The Hall–Kier alpha value is -9.32. The molecule has 9 aromatic rings. The van der Waals surface area contributed by atoms with Crippen molar-refractivity contribution in [2.45, 2.75) is 79.8 Å². The van der Waals surface area contributed by atoms with Crippen molar-refractivity contribution in [1.29, 1.82) is 0 Å². The van der Waals surface area contributed by atoms with Gasteiger partial charge in [0.05, 0.1) is 64.0 Å². The van der Waals surface area contributed by atoms with Gasteiger partial charge in [-0.3, -0.25) is 0 Å². The molecule has 0 spiro atoms. The SMILES string of the molecule is COC(=O)c1c(O[Si](c2ccccc2)(c2ccccc2)C(C)(C)C)cc(OC)c(OC)c1C.COC(=O)c1c(O[Si](c2ccccc2)(c2ccccc2)C(C)(C)C)cc(OC)c(OC)c1CSc1ccccc1.COCOc1cc(OC)c(OC)c(CSc2ccccc2)c1C(=O)OC. The van der Waals surface area contributed by atoms with Crippen LogP contribution in [0.1, 0.15) is 89.3 Å². The minimum Gasteiger partial charge on any atom is -0.533 e. The molecule has 0 saturated carbocycles. The third-order valence-corrected chi connectivity index (χ3v) is 28.4. The fraction of sp³-hybridized carbons (Fsp3) is 0.278. The van der Waals surface area contributed by atoms with Gasteiger partial charge in [-0.1, -0.05) is 199 Å². The molecule has 20 heteroatoms. The molecule has 522 valence electrons. The van der Waals surface area contributed by atoms with Gasteiger partial charge in [-0.05, 0) is 62.0 Å². The first kappa shape index (κ1) is 77.0. The molecule has 99 heavy (non-hydrogen) atoms. The molecular formula is C79H90O16S2Si2. The van der Waals surface area contributed by atoms with Crippen molar-refractivity contribution in [2.75, 3.05) is 77.9 Å². The third kappa shape index (κ3) is 17.6. The lowest BCUT2D eigenvalue weighted by Crippen LogP contribution is -2.69. The number of benzene rings is 9. The fourth-order valence-electron chi connectivity index (χ4n) is 11.9. The Labute approximate surface area is 593 Å². The van der Waals surface area contributed by atoms with Gasteiger partial charge in [0.15, 0.2) is 41.3 Å². The minimum absolute atomic E-state index is 0.00918. The van der Waals surface area contributed by atoms with Gasteiger partial charge < -0.3 is 61.0 Å². The van der Waals surface area contributed by atoms with Crippen LogP contribution in [0.3, 0.4) is 0 Å². The van der Waals surface area contributed by atoms with Crippen LogP contribution in [0.25, 0.3) is 0 Å². The highest BCUT2D eigenvalue weighted by molar-refractivity contribution is 7.98. The van der Waals surface area contributed by atoms with Crippen LogP contribution < -0.4 is 62.8 Å². The second kappa shape index (κ2) is 36.0. The van der Waals surface area contributed by atoms with E-state index in [0.717, 1.165) is 30.5 Å². The molecule has 0 aliphatic rings. The van der Waals surface area contributed by atoms with E-state index in [1.165, 1.54) is 42.7 Å². The number of ether oxygens (including phenoxy) is 11. The molecule has 0 amide bonds.